The number of rotatable bonds is 5. The first-order valence-corrected chi connectivity index (χ1v) is 10.1. The van der Waals surface area contributed by atoms with Gasteiger partial charge in [-0.15, -0.1) is 10.2 Å². The Kier molecular flexibility index (Phi) is 4.85. The molecule has 0 bridgehead atoms. The van der Waals surface area contributed by atoms with Crippen LogP contribution in [0.25, 0.3) is 22.4 Å². The maximum Gasteiger partial charge on any atom is 0.336 e. The molecule has 7 heteroatoms. The first kappa shape index (κ1) is 18.6. The summed E-state index contributed by atoms with van der Waals surface area (Å²) in [4.78, 5) is 12.0. The Morgan fingerprint density at radius 3 is 2.61 bits per heavy atom. The van der Waals surface area contributed by atoms with Gasteiger partial charge in [0.25, 0.3) is 0 Å². The Hall–Kier alpha value is -2.80. The molecular formula is C21H21N3O3S. The van der Waals surface area contributed by atoms with Crippen molar-refractivity contribution in [3.8, 4) is 11.4 Å². The van der Waals surface area contributed by atoms with Gasteiger partial charge in [0.1, 0.15) is 11.3 Å². The normalized spacial score (nSPS) is 11.4. The summed E-state index contributed by atoms with van der Waals surface area (Å²) >= 11 is 1.56. The standard InChI is InChI=1S/C21H21N3O3S/c1-5-24-20(16-6-7-26-14(16)4)22-23-21(24)28-11-15-10-19(25)27-18-9-13(3)12(2)8-17(15)18/h6-10H,5,11H2,1-4H3. The van der Waals surface area contributed by atoms with E-state index in [1.165, 1.54) is 5.56 Å². The first-order chi connectivity index (χ1) is 13.5. The molecule has 4 rings (SSSR count). The predicted octanol–water partition coefficient (Wildman–Crippen LogP) is 4.88. The van der Waals surface area contributed by atoms with Gasteiger partial charge in [0.15, 0.2) is 11.0 Å². The molecule has 28 heavy (non-hydrogen) atoms. The van der Waals surface area contributed by atoms with Crippen molar-refractivity contribution < 1.29 is 8.83 Å². The number of nitrogens with zero attached hydrogens (tertiary/aromatic N) is 3. The van der Waals surface area contributed by atoms with Crippen LogP contribution in [0.15, 0.2) is 49.3 Å². The molecule has 0 aliphatic rings. The summed E-state index contributed by atoms with van der Waals surface area (Å²) in [5.74, 6) is 2.21. The van der Waals surface area contributed by atoms with Crippen LogP contribution in [0, 0.1) is 20.8 Å². The van der Waals surface area contributed by atoms with E-state index in [9.17, 15) is 4.79 Å². The topological polar surface area (TPSA) is 74.1 Å². The van der Waals surface area contributed by atoms with Crippen molar-refractivity contribution in [2.45, 2.75) is 45.1 Å². The number of hydrogen-bond donors (Lipinski definition) is 0. The van der Waals surface area contributed by atoms with E-state index in [1.807, 2.05) is 26.0 Å². The molecule has 0 aliphatic carbocycles. The second-order valence-corrected chi connectivity index (χ2v) is 7.70. The van der Waals surface area contributed by atoms with Crippen LogP contribution in [-0.2, 0) is 12.3 Å². The summed E-state index contributed by atoms with van der Waals surface area (Å²) in [5.41, 5.74) is 4.44. The Morgan fingerprint density at radius 2 is 1.89 bits per heavy atom. The highest BCUT2D eigenvalue weighted by molar-refractivity contribution is 7.98. The summed E-state index contributed by atoms with van der Waals surface area (Å²) in [6.07, 6.45) is 1.66. The smallest absolute Gasteiger partial charge is 0.336 e. The quantitative estimate of drug-likeness (QED) is 0.354. The van der Waals surface area contributed by atoms with E-state index < -0.39 is 0 Å². The highest BCUT2D eigenvalue weighted by atomic mass is 32.2. The molecule has 0 aliphatic heterocycles. The molecule has 0 spiro atoms. The summed E-state index contributed by atoms with van der Waals surface area (Å²) in [5, 5.41) is 10.5. The number of aryl methyl sites for hydroxylation is 3. The van der Waals surface area contributed by atoms with Crippen molar-refractivity contribution in [1.29, 1.82) is 0 Å². The highest BCUT2D eigenvalue weighted by Gasteiger charge is 2.17. The number of hydrogen-bond acceptors (Lipinski definition) is 6. The van der Waals surface area contributed by atoms with Crippen molar-refractivity contribution in [3.05, 3.63) is 63.4 Å². The van der Waals surface area contributed by atoms with Crippen molar-refractivity contribution in [1.82, 2.24) is 14.8 Å². The van der Waals surface area contributed by atoms with Gasteiger partial charge in [-0.05, 0) is 62.6 Å². The number of thioether (sulfide) groups is 1. The van der Waals surface area contributed by atoms with E-state index in [0.29, 0.717) is 11.3 Å². The van der Waals surface area contributed by atoms with Gasteiger partial charge in [-0.2, -0.15) is 0 Å². The molecule has 0 fully saturated rings. The lowest BCUT2D eigenvalue weighted by atomic mass is 10.0. The Bertz CT molecular complexity index is 1220. The average molecular weight is 395 g/mol. The van der Waals surface area contributed by atoms with Crippen molar-refractivity contribution >= 4 is 22.7 Å². The minimum atomic E-state index is -0.335. The van der Waals surface area contributed by atoms with E-state index in [0.717, 1.165) is 45.4 Å². The fraction of sp³-hybridized carbons (Fsp3) is 0.286. The molecule has 0 atom stereocenters. The maximum absolute atomic E-state index is 12.0. The van der Waals surface area contributed by atoms with Gasteiger partial charge in [0.2, 0.25) is 0 Å². The molecular weight excluding hydrogens is 374 g/mol. The fourth-order valence-corrected chi connectivity index (χ4v) is 4.23. The molecule has 0 saturated carbocycles. The zero-order valence-corrected chi connectivity index (χ0v) is 17.1. The number of benzene rings is 1. The minimum absolute atomic E-state index is 0.335. The summed E-state index contributed by atoms with van der Waals surface area (Å²) in [6, 6.07) is 7.47. The molecule has 0 amide bonds. The molecule has 0 unspecified atom stereocenters. The molecule has 0 saturated heterocycles. The number of aromatic nitrogens is 3. The van der Waals surface area contributed by atoms with Gasteiger partial charge in [-0.25, -0.2) is 4.79 Å². The van der Waals surface area contributed by atoms with Crippen LogP contribution in [-0.4, -0.2) is 14.8 Å². The van der Waals surface area contributed by atoms with Gasteiger partial charge in [-0.1, -0.05) is 11.8 Å². The van der Waals surface area contributed by atoms with E-state index in [1.54, 1.807) is 24.1 Å². The molecule has 144 valence electrons. The van der Waals surface area contributed by atoms with Gasteiger partial charge in [0, 0.05) is 23.8 Å². The minimum Gasteiger partial charge on any atom is -0.469 e. The summed E-state index contributed by atoms with van der Waals surface area (Å²) in [6.45, 7) is 8.79. The highest BCUT2D eigenvalue weighted by Crippen LogP contribution is 2.30. The lowest BCUT2D eigenvalue weighted by Gasteiger charge is -2.09. The second kappa shape index (κ2) is 7.31. The zero-order chi connectivity index (χ0) is 19.8. The van der Waals surface area contributed by atoms with Crippen molar-refractivity contribution in [2.24, 2.45) is 0 Å². The van der Waals surface area contributed by atoms with Crippen LogP contribution in [0.3, 0.4) is 0 Å². The molecule has 4 aromatic rings. The summed E-state index contributed by atoms with van der Waals surface area (Å²) < 4.78 is 12.9. The van der Waals surface area contributed by atoms with Crippen LogP contribution < -0.4 is 5.63 Å². The second-order valence-electron chi connectivity index (χ2n) is 6.75. The lowest BCUT2D eigenvalue weighted by molar-refractivity contribution is 0.534. The third-order valence-electron chi connectivity index (χ3n) is 4.93. The van der Waals surface area contributed by atoms with E-state index in [-0.39, 0.29) is 5.63 Å². The van der Waals surface area contributed by atoms with Crippen molar-refractivity contribution in [3.63, 3.8) is 0 Å². The zero-order valence-electron chi connectivity index (χ0n) is 16.3. The molecule has 6 nitrogen and oxygen atoms in total. The van der Waals surface area contributed by atoms with Crippen LogP contribution in [0.5, 0.6) is 0 Å². The molecule has 0 radical (unpaired) electrons. The third kappa shape index (κ3) is 3.26. The fourth-order valence-electron chi connectivity index (χ4n) is 3.24. The first-order valence-electron chi connectivity index (χ1n) is 9.12. The molecule has 0 N–H and O–H groups in total. The van der Waals surface area contributed by atoms with Crippen molar-refractivity contribution in [2.75, 3.05) is 0 Å². The van der Waals surface area contributed by atoms with Crippen LogP contribution in [0.2, 0.25) is 0 Å². The maximum atomic E-state index is 12.0. The summed E-state index contributed by atoms with van der Waals surface area (Å²) in [7, 11) is 0. The number of fused-ring (bicyclic) bond motifs is 1. The average Bonchev–Trinajstić information content (AvgIpc) is 3.26. The predicted molar refractivity (Wildman–Crippen MR) is 110 cm³/mol. The molecule has 1 aromatic carbocycles. The lowest BCUT2D eigenvalue weighted by Crippen LogP contribution is -2.02. The van der Waals surface area contributed by atoms with Crippen LogP contribution >= 0.6 is 11.8 Å². The molecule has 3 heterocycles. The van der Waals surface area contributed by atoms with Crippen LogP contribution in [0.4, 0.5) is 0 Å². The molecule has 3 aromatic heterocycles. The monoisotopic (exact) mass is 395 g/mol. The van der Waals surface area contributed by atoms with Crippen LogP contribution in [0.1, 0.15) is 29.4 Å². The van der Waals surface area contributed by atoms with Gasteiger partial charge < -0.3 is 13.4 Å². The van der Waals surface area contributed by atoms with E-state index in [4.69, 9.17) is 8.83 Å². The van der Waals surface area contributed by atoms with E-state index in [2.05, 4.69) is 34.7 Å². The third-order valence-corrected chi connectivity index (χ3v) is 5.95. The SMILES string of the molecule is CCn1c(SCc2cc(=O)oc3cc(C)c(C)cc23)nnc1-c1ccoc1C. The Labute approximate surface area is 166 Å². The van der Waals surface area contributed by atoms with Gasteiger partial charge in [-0.3, -0.25) is 0 Å². The Morgan fingerprint density at radius 1 is 1.11 bits per heavy atom. The Balaban J connectivity index is 1.69. The van der Waals surface area contributed by atoms with Gasteiger partial charge >= 0.3 is 5.63 Å². The van der Waals surface area contributed by atoms with E-state index >= 15 is 0 Å². The largest absolute Gasteiger partial charge is 0.469 e. The number of furan rings is 1. The van der Waals surface area contributed by atoms with Gasteiger partial charge in [0.05, 0.1) is 11.8 Å².